The average molecular weight is 277 g/mol. The van der Waals surface area contributed by atoms with Crippen molar-refractivity contribution in [2.75, 3.05) is 19.8 Å². The van der Waals surface area contributed by atoms with E-state index in [2.05, 4.69) is 4.72 Å². The smallest absolute Gasteiger partial charge is 0.274 e. The van der Waals surface area contributed by atoms with E-state index in [1.165, 1.54) is 12.1 Å². The summed E-state index contributed by atoms with van der Waals surface area (Å²) < 4.78 is 36.0. The molecule has 0 atom stereocenters. The Morgan fingerprint density at radius 2 is 2.17 bits per heavy atom. The Balaban J connectivity index is 2.40. The highest BCUT2D eigenvalue weighted by Gasteiger charge is 2.17. The van der Waals surface area contributed by atoms with Gasteiger partial charge in [-0.1, -0.05) is 13.8 Å². The second-order valence-corrected chi connectivity index (χ2v) is 5.94. The van der Waals surface area contributed by atoms with Gasteiger partial charge in [0.15, 0.2) is 0 Å². The summed E-state index contributed by atoms with van der Waals surface area (Å²) in [7, 11) is -3.66. The summed E-state index contributed by atoms with van der Waals surface area (Å²) in [6.45, 7) is 4.80. The predicted molar refractivity (Wildman–Crippen MR) is 65.5 cm³/mol. The van der Waals surface area contributed by atoms with E-state index >= 15 is 0 Å². The van der Waals surface area contributed by atoms with Crippen LogP contribution in [0.3, 0.4) is 0 Å². The van der Waals surface area contributed by atoms with Crippen molar-refractivity contribution in [3.8, 4) is 0 Å². The first-order chi connectivity index (χ1) is 8.45. The summed E-state index contributed by atoms with van der Waals surface area (Å²) in [5.74, 6) is 0.630. The fourth-order valence-electron chi connectivity index (χ4n) is 1.23. The minimum atomic E-state index is -3.66. The largest absolute Gasteiger partial charge is 0.446 e. The van der Waals surface area contributed by atoms with Gasteiger partial charge < -0.3 is 14.3 Å². The van der Waals surface area contributed by atoms with Crippen LogP contribution in [0.25, 0.3) is 0 Å². The van der Waals surface area contributed by atoms with Gasteiger partial charge in [0.2, 0.25) is 5.09 Å². The number of hydrogen-bond acceptors (Lipinski definition) is 5. The Kier molecular flexibility index (Phi) is 5.80. The van der Waals surface area contributed by atoms with E-state index in [0.29, 0.717) is 19.1 Å². The van der Waals surface area contributed by atoms with Crippen molar-refractivity contribution in [3.63, 3.8) is 0 Å². The highest BCUT2D eigenvalue weighted by molar-refractivity contribution is 7.89. The van der Waals surface area contributed by atoms with E-state index in [9.17, 15) is 8.42 Å². The lowest BCUT2D eigenvalue weighted by Crippen LogP contribution is -2.27. The Bertz CT molecular complexity index is 452. The van der Waals surface area contributed by atoms with Crippen LogP contribution >= 0.6 is 0 Å². The van der Waals surface area contributed by atoms with Gasteiger partial charge in [0.25, 0.3) is 10.0 Å². The second kappa shape index (κ2) is 6.89. The SMILES string of the molecule is CC(C)COCCNS(=O)(=O)c1ccc(CO)o1. The van der Waals surface area contributed by atoms with Crippen LogP contribution in [-0.2, 0) is 21.4 Å². The maximum atomic E-state index is 11.7. The Labute approximate surface area is 107 Å². The summed E-state index contributed by atoms with van der Waals surface area (Å²) in [5.41, 5.74) is 0. The van der Waals surface area contributed by atoms with Gasteiger partial charge in [-0.15, -0.1) is 0 Å². The van der Waals surface area contributed by atoms with Crippen molar-refractivity contribution in [2.45, 2.75) is 25.5 Å². The molecular weight excluding hydrogens is 258 g/mol. The van der Waals surface area contributed by atoms with Crippen LogP contribution in [0.2, 0.25) is 0 Å². The second-order valence-electron chi connectivity index (χ2n) is 4.25. The van der Waals surface area contributed by atoms with Crippen LogP contribution in [-0.4, -0.2) is 33.3 Å². The predicted octanol–water partition coefficient (Wildman–Crippen LogP) is 0.723. The first-order valence-corrected chi connectivity index (χ1v) is 7.21. The van der Waals surface area contributed by atoms with Crippen LogP contribution in [0.4, 0.5) is 0 Å². The first-order valence-electron chi connectivity index (χ1n) is 5.72. The van der Waals surface area contributed by atoms with Gasteiger partial charge in [-0.3, -0.25) is 0 Å². The van der Waals surface area contributed by atoms with Crippen molar-refractivity contribution >= 4 is 10.0 Å². The summed E-state index contributed by atoms with van der Waals surface area (Å²) >= 11 is 0. The quantitative estimate of drug-likeness (QED) is 0.684. The molecule has 104 valence electrons. The molecule has 7 heteroatoms. The number of hydrogen-bond donors (Lipinski definition) is 2. The molecule has 0 amide bonds. The van der Waals surface area contributed by atoms with Gasteiger partial charge in [-0.2, -0.15) is 0 Å². The topological polar surface area (TPSA) is 88.8 Å². The molecule has 2 N–H and O–H groups in total. The van der Waals surface area contributed by atoms with Crippen molar-refractivity contribution in [1.82, 2.24) is 4.72 Å². The summed E-state index contributed by atoms with van der Waals surface area (Å²) in [5, 5.41) is 8.59. The number of aliphatic hydroxyl groups is 1. The molecule has 6 nitrogen and oxygen atoms in total. The molecule has 0 fully saturated rings. The lowest BCUT2D eigenvalue weighted by atomic mass is 10.2. The van der Waals surface area contributed by atoms with Crippen LogP contribution in [0, 0.1) is 5.92 Å². The molecule has 0 unspecified atom stereocenters. The summed E-state index contributed by atoms with van der Waals surface area (Å²) in [6, 6.07) is 2.73. The lowest BCUT2D eigenvalue weighted by Gasteiger charge is -2.07. The van der Waals surface area contributed by atoms with Crippen molar-refractivity contribution in [1.29, 1.82) is 0 Å². The van der Waals surface area contributed by atoms with Gasteiger partial charge >= 0.3 is 0 Å². The molecule has 0 aromatic carbocycles. The molecule has 1 aromatic heterocycles. The first kappa shape index (κ1) is 15.2. The maximum Gasteiger partial charge on any atom is 0.274 e. The number of nitrogens with one attached hydrogen (secondary N) is 1. The fraction of sp³-hybridized carbons (Fsp3) is 0.636. The molecule has 0 aliphatic rings. The summed E-state index contributed by atoms with van der Waals surface area (Å²) in [4.78, 5) is 0. The molecule has 0 radical (unpaired) electrons. The third-order valence-corrected chi connectivity index (χ3v) is 3.38. The van der Waals surface area contributed by atoms with E-state index in [0.717, 1.165) is 0 Å². The normalized spacial score (nSPS) is 12.2. The molecule has 1 heterocycles. The Morgan fingerprint density at radius 1 is 1.44 bits per heavy atom. The molecule has 0 aliphatic heterocycles. The molecule has 0 bridgehead atoms. The van der Waals surface area contributed by atoms with Gasteiger partial charge in [0, 0.05) is 13.2 Å². The Morgan fingerprint density at radius 3 is 2.72 bits per heavy atom. The van der Waals surface area contributed by atoms with Crippen molar-refractivity contribution in [3.05, 3.63) is 17.9 Å². The van der Waals surface area contributed by atoms with Gasteiger partial charge in [0.1, 0.15) is 12.4 Å². The highest BCUT2D eigenvalue weighted by Crippen LogP contribution is 2.13. The van der Waals surface area contributed by atoms with Crippen LogP contribution in [0.1, 0.15) is 19.6 Å². The molecule has 0 saturated heterocycles. The molecule has 18 heavy (non-hydrogen) atoms. The minimum absolute atomic E-state index is 0.185. The van der Waals surface area contributed by atoms with E-state index in [1.54, 1.807) is 0 Å². The minimum Gasteiger partial charge on any atom is -0.446 e. The third-order valence-electron chi connectivity index (χ3n) is 2.05. The number of aliphatic hydroxyl groups excluding tert-OH is 1. The molecule has 1 aromatic rings. The number of ether oxygens (including phenoxy) is 1. The van der Waals surface area contributed by atoms with Crippen LogP contribution < -0.4 is 4.72 Å². The molecular formula is C11H19NO5S. The average Bonchev–Trinajstić information content (AvgIpc) is 2.77. The molecule has 0 saturated carbocycles. The number of sulfonamides is 1. The zero-order chi connectivity index (χ0) is 13.6. The van der Waals surface area contributed by atoms with Gasteiger partial charge in [0.05, 0.1) is 6.61 Å². The monoisotopic (exact) mass is 277 g/mol. The molecule has 1 rings (SSSR count). The van der Waals surface area contributed by atoms with Crippen LogP contribution in [0.5, 0.6) is 0 Å². The maximum absolute atomic E-state index is 11.7. The number of furan rings is 1. The van der Waals surface area contributed by atoms with E-state index in [-0.39, 0.29) is 24.0 Å². The van der Waals surface area contributed by atoms with Gasteiger partial charge in [-0.25, -0.2) is 13.1 Å². The highest BCUT2D eigenvalue weighted by atomic mass is 32.2. The third kappa shape index (κ3) is 4.77. The fourth-order valence-corrected chi connectivity index (χ4v) is 2.18. The van der Waals surface area contributed by atoms with Gasteiger partial charge in [-0.05, 0) is 18.1 Å². The lowest BCUT2D eigenvalue weighted by molar-refractivity contribution is 0.114. The summed E-state index contributed by atoms with van der Waals surface area (Å²) in [6.07, 6.45) is 0. The molecule has 0 spiro atoms. The Hall–Kier alpha value is -0.890. The number of rotatable bonds is 8. The van der Waals surface area contributed by atoms with Crippen LogP contribution in [0.15, 0.2) is 21.6 Å². The molecule has 0 aliphatic carbocycles. The van der Waals surface area contributed by atoms with Crippen molar-refractivity contribution < 1.29 is 22.7 Å². The van der Waals surface area contributed by atoms with E-state index in [1.807, 2.05) is 13.8 Å². The van der Waals surface area contributed by atoms with E-state index in [4.69, 9.17) is 14.3 Å². The standard InChI is InChI=1S/C11H19NO5S/c1-9(2)8-16-6-5-12-18(14,15)11-4-3-10(7-13)17-11/h3-4,9,12-13H,5-8H2,1-2H3. The zero-order valence-corrected chi connectivity index (χ0v) is 11.4. The van der Waals surface area contributed by atoms with E-state index < -0.39 is 10.0 Å². The van der Waals surface area contributed by atoms with Crippen molar-refractivity contribution in [2.24, 2.45) is 5.92 Å². The zero-order valence-electron chi connectivity index (χ0n) is 10.5.